The number of carbonyl (C=O) groups excluding carboxylic acids is 1. The molecule has 1 aromatic carbocycles. The molecule has 1 heterocycles. The molecule has 2 rings (SSSR count). The van der Waals surface area contributed by atoms with Crippen molar-refractivity contribution in [1.82, 2.24) is 10.3 Å². The summed E-state index contributed by atoms with van der Waals surface area (Å²) < 4.78 is 0. The molecule has 19 heavy (non-hydrogen) atoms. The fourth-order valence-corrected chi connectivity index (χ4v) is 1.96. The van der Waals surface area contributed by atoms with Crippen LogP contribution in [0.5, 0.6) is 0 Å². The van der Waals surface area contributed by atoms with Gasteiger partial charge in [0.1, 0.15) is 0 Å². The highest BCUT2D eigenvalue weighted by Gasteiger charge is 2.10. The summed E-state index contributed by atoms with van der Waals surface area (Å²) in [6.07, 6.45) is 3.19. The van der Waals surface area contributed by atoms with Gasteiger partial charge >= 0.3 is 0 Å². The Bertz CT molecular complexity index is 634. The number of nitrogens with one attached hydrogen (secondary N) is 2. The molecular formula is C14H17N3O2. The number of rotatable bonds is 5. The van der Waals surface area contributed by atoms with Gasteiger partial charge in [-0.3, -0.25) is 9.59 Å². The van der Waals surface area contributed by atoms with Gasteiger partial charge in [0.05, 0.1) is 5.56 Å². The van der Waals surface area contributed by atoms with Crippen LogP contribution in [0.4, 0.5) is 0 Å². The highest BCUT2D eigenvalue weighted by Crippen LogP contribution is 2.13. The number of hydrogen-bond acceptors (Lipinski definition) is 3. The summed E-state index contributed by atoms with van der Waals surface area (Å²) in [5, 5.41) is 4.02. The van der Waals surface area contributed by atoms with Crippen molar-refractivity contribution < 1.29 is 4.79 Å². The zero-order valence-corrected chi connectivity index (χ0v) is 10.6. The molecule has 0 spiro atoms. The van der Waals surface area contributed by atoms with Crippen LogP contribution in [-0.4, -0.2) is 24.0 Å². The number of benzene rings is 1. The fraction of sp³-hybridized carbons (Fsp3) is 0.286. The normalized spacial score (nSPS) is 10.6. The predicted molar refractivity (Wildman–Crippen MR) is 75.2 cm³/mol. The van der Waals surface area contributed by atoms with Gasteiger partial charge < -0.3 is 16.0 Å². The first-order valence-electron chi connectivity index (χ1n) is 6.32. The molecule has 100 valence electrons. The topological polar surface area (TPSA) is 88.0 Å². The number of amides is 1. The Balaban J connectivity index is 2.23. The maximum atomic E-state index is 12.1. The van der Waals surface area contributed by atoms with E-state index in [9.17, 15) is 9.59 Å². The molecular weight excluding hydrogens is 242 g/mol. The van der Waals surface area contributed by atoms with E-state index < -0.39 is 0 Å². The monoisotopic (exact) mass is 259 g/mol. The van der Waals surface area contributed by atoms with Crippen LogP contribution in [0.3, 0.4) is 0 Å². The molecule has 0 aliphatic heterocycles. The average Bonchev–Trinajstić information content (AvgIpc) is 2.44. The molecule has 0 saturated heterocycles. The zero-order chi connectivity index (χ0) is 13.7. The summed E-state index contributed by atoms with van der Waals surface area (Å²) in [4.78, 5) is 26.3. The molecule has 0 radical (unpaired) electrons. The Labute approximate surface area is 110 Å². The predicted octanol–water partition coefficient (Wildman–Crippen LogP) is 0.997. The maximum Gasteiger partial charge on any atom is 0.255 e. The summed E-state index contributed by atoms with van der Waals surface area (Å²) in [7, 11) is 0. The van der Waals surface area contributed by atoms with Gasteiger partial charge in [0.15, 0.2) is 0 Å². The molecule has 5 nitrogen and oxygen atoms in total. The summed E-state index contributed by atoms with van der Waals surface area (Å²) >= 11 is 0. The Hall–Kier alpha value is -2.14. The summed E-state index contributed by atoms with van der Waals surface area (Å²) in [6.45, 7) is 1.21. The lowest BCUT2D eigenvalue weighted by atomic mass is 10.1. The van der Waals surface area contributed by atoms with Crippen LogP contribution in [-0.2, 0) is 0 Å². The number of pyridine rings is 1. The minimum atomic E-state index is -0.185. The van der Waals surface area contributed by atoms with Crippen molar-refractivity contribution in [3.63, 3.8) is 0 Å². The van der Waals surface area contributed by atoms with Gasteiger partial charge in [-0.1, -0.05) is 18.2 Å². The average molecular weight is 259 g/mol. The van der Waals surface area contributed by atoms with E-state index in [0.29, 0.717) is 29.4 Å². The van der Waals surface area contributed by atoms with Crippen LogP contribution in [0.2, 0.25) is 0 Å². The van der Waals surface area contributed by atoms with E-state index in [-0.39, 0.29) is 11.5 Å². The summed E-state index contributed by atoms with van der Waals surface area (Å²) in [6, 6.07) is 7.08. The van der Waals surface area contributed by atoms with Crippen molar-refractivity contribution in [2.75, 3.05) is 13.1 Å². The third-order valence-electron chi connectivity index (χ3n) is 2.97. The van der Waals surface area contributed by atoms with E-state index in [2.05, 4.69) is 10.3 Å². The Morgan fingerprint density at radius 1 is 1.21 bits per heavy atom. The lowest BCUT2D eigenvalue weighted by Gasteiger charge is -2.07. The first kappa shape index (κ1) is 13.3. The van der Waals surface area contributed by atoms with Crippen LogP contribution in [0.25, 0.3) is 10.8 Å². The summed E-state index contributed by atoms with van der Waals surface area (Å²) in [5.41, 5.74) is 5.70. The number of hydrogen-bond donors (Lipinski definition) is 3. The number of carbonyl (C=O) groups is 1. The lowest BCUT2D eigenvalue weighted by molar-refractivity contribution is 0.0954. The number of fused-ring (bicyclic) bond motifs is 1. The van der Waals surface area contributed by atoms with Crippen molar-refractivity contribution in [3.8, 4) is 0 Å². The van der Waals surface area contributed by atoms with Crippen LogP contribution >= 0.6 is 0 Å². The smallest absolute Gasteiger partial charge is 0.255 e. The molecule has 0 aliphatic rings. The molecule has 0 bridgehead atoms. The van der Waals surface area contributed by atoms with E-state index in [1.54, 1.807) is 18.2 Å². The number of aromatic nitrogens is 1. The third kappa shape index (κ3) is 3.00. The fourth-order valence-electron chi connectivity index (χ4n) is 1.96. The highest BCUT2D eigenvalue weighted by atomic mass is 16.1. The van der Waals surface area contributed by atoms with E-state index in [0.717, 1.165) is 12.8 Å². The molecule has 1 amide bonds. The van der Waals surface area contributed by atoms with E-state index in [1.807, 2.05) is 6.07 Å². The molecule has 0 unspecified atom stereocenters. The standard InChI is InChI=1S/C14H17N3O2/c15-7-3-4-8-16-14(19)12-9-17-13(18)11-6-2-1-5-10(11)12/h1-2,5-6,9H,3-4,7-8,15H2,(H,16,19)(H,17,18). The van der Waals surface area contributed by atoms with Crippen molar-refractivity contribution in [1.29, 1.82) is 0 Å². The van der Waals surface area contributed by atoms with Crippen LogP contribution in [0, 0.1) is 0 Å². The van der Waals surface area contributed by atoms with Crippen molar-refractivity contribution in [3.05, 3.63) is 46.4 Å². The second kappa shape index (κ2) is 6.15. The Kier molecular flexibility index (Phi) is 4.30. The van der Waals surface area contributed by atoms with Gasteiger partial charge in [-0.05, 0) is 25.5 Å². The molecule has 0 fully saturated rings. The van der Waals surface area contributed by atoms with Crippen LogP contribution in [0.15, 0.2) is 35.3 Å². The lowest BCUT2D eigenvalue weighted by Crippen LogP contribution is -2.26. The highest BCUT2D eigenvalue weighted by molar-refractivity contribution is 6.06. The minimum Gasteiger partial charge on any atom is -0.352 e. The van der Waals surface area contributed by atoms with E-state index in [1.165, 1.54) is 6.20 Å². The van der Waals surface area contributed by atoms with Gasteiger partial charge in [0.2, 0.25) is 0 Å². The first-order chi connectivity index (χ1) is 9.24. The molecule has 2 aromatic rings. The Morgan fingerprint density at radius 3 is 2.68 bits per heavy atom. The second-order valence-electron chi connectivity index (χ2n) is 4.33. The van der Waals surface area contributed by atoms with E-state index in [4.69, 9.17) is 5.73 Å². The van der Waals surface area contributed by atoms with Gasteiger partial charge in [0.25, 0.3) is 11.5 Å². The quantitative estimate of drug-likeness (QED) is 0.700. The number of H-pyrrole nitrogens is 1. The van der Waals surface area contributed by atoms with Gasteiger partial charge in [0, 0.05) is 23.5 Å². The maximum absolute atomic E-state index is 12.1. The molecule has 0 saturated carbocycles. The van der Waals surface area contributed by atoms with Gasteiger partial charge in [-0.15, -0.1) is 0 Å². The molecule has 0 aliphatic carbocycles. The zero-order valence-electron chi connectivity index (χ0n) is 10.6. The van der Waals surface area contributed by atoms with E-state index >= 15 is 0 Å². The largest absolute Gasteiger partial charge is 0.352 e. The third-order valence-corrected chi connectivity index (χ3v) is 2.97. The number of unbranched alkanes of at least 4 members (excludes halogenated alkanes) is 1. The van der Waals surface area contributed by atoms with Crippen molar-refractivity contribution in [2.24, 2.45) is 5.73 Å². The molecule has 4 N–H and O–H groups in total. The minimum absolute atomic E-state index is 0.176. The van der Waals surface area contributed by atoms with Gasteiger partial charge in [-0.25, -0.2) is 0 Å². The number of nitrogens with two attached hydrogens (primary N) is 1. The van der Waals surface area contributed by atoms with Crippen LogP contribution in [0.1, 0.15) is 23.2 Å². The number of aromatic amines is 1. The molecule has 0 atom stereocenters. The SMILES string of the molecule is NCCCCNC(=O)c1c[nH]c(=O)c2ccccc12. The summed E-state index contributed by atoms with van der Waals surface area (Å²) in [5.74, 6) is -0.176. The van der Waals surface area contributed by atoms with Crippen LogP contribution < -0.4 is 16.6 Å². The molecule has 5 heteroatoms. The first-order valence-corrected chi connectivity index (χ1v) is 6.32. The Morgan fingerprint density at radius 2 is 1.95 bits per heavy atom. The van der Waals surface area contributed by atoms with Gasteiger partial charge in [-0.2, -0.15) is 0 Å². The van der Waals surface area contributed by atoms with Crippen molar-refractivity contribution in [2.45, 2.75) is 12.8 Å². The van der Waals surface area contributed by atoms with Crippen molar-refractivity contribution >= 4 is 16.7 Å². The second-order valence-corrected chi connectivity index (χ2v) is 4.33. The molecule has 1 aromatic heterocycles.